The van der Waals surface area contributed by atoms with Gasteiger partial charge in [0.2, 0.25) is 5.91 Å². The molecular weight excluding hydrogens is 448 g/mol. The molecule has 184 valence electrons. The van der Waals surface area contributed by atoms with Crippen LogP contribution < -0.4 is 5.32 Å². The van der Waals surface area contributed by atoms with Crippen molar-refractivity contribution >= 4 is 18.0 Å². The van der Waals surface area contributed by atoms with Crippen molar-refractivity contribution in [2.24, 2.45) is 17.3 Å². The fourth-order valence-corrected chi connectivity index (χ4v) is 5.56. The third-order valence-corrected chi connectivity index (χ3v) is 7.95. The van der Waals surface area contributed by atoms with Gasteiger partial charge in [0.1, 0.15) is 6.61 Å². The molecule has 0 bridgehead atoms. The molecule has 3 aliphatic rings. The zero-order valence-electron chi connectivity index (χ0n) is 19.9. The van der Waals surface area contributed by atoms with E-state index in [1.165, 1.54) is 0 Å². The van der Waals surface area contributed by atoms with Crippen molar-refractivity contribution in [2.45, 2.75) is 25.8 Å². The molecule has 2 heterocycles. The first kappa shape index (κ1) is 23.4. The molecule has 8 nitrogen and oxygen atoms in total. The Morgan fingerprint density at radius 2 is 1.71 bits per heavy atom. The van der Waals surface area contributed by atoms with Crippen LogP contribution in [0.3, 0.4) is 0 Å². The number of aliphatic carboxylic acids is 1. The van der Waals surface area contributed by atoms with Crippen LogP contribution in [-0.2, 0) is 19.1 Å². The van der Waals surface area contributed by atoms with E-state index >= 15 is 0 Å². The van der Waals surface area contributed by atoms with Gasteiger partial charge in [-0.2, -0.15) is 0 Å². The highest BCUT2D eigenvalue weighted by atomic mass is 16.5. The molecule has 0 spiro atoms. The Kier molecular flexibility index (Phi) is 6.01. The number of ether oxygens (including phenoxy) is 2. The van der Waals surface area contributed by atoms with Crippen LogP contribution in [0.1, 0.15) is 30.9 Å². The van der Waals surface area contributed by atoms with Crippen molar-refractivity contribution in [3.63, 3.8) is 0 Å². The predicted octanol–water partition coefficient (Wildman–Crippen LogP) is 3.11. The normalized spacial score (nSPS) is 27.4. The molecule has 35 heavy (non-hydrogen) atoms. The van der Waals surface area contributed by atoms with Gasteiger partial charge in [0.25, 0.3) is 0 Å². The summed E-state index contributed by atoms with van der Waals surface area (Å²) in [5, 5.41) is 12.4. The molecule has 2 saturated heterocycles. The van der Waals surface area contributed by atoms with Crippen molar-refractivity contribution in [1.82, 2.24) is 10.2 Å². The summed E-state index contributed by atoms with van der Waals surface area (Å²) >= 11 is 0. The third-order valence-electron chi connectivity index (χ3n) is 7.95. The maximum absolute atomic E-state index is 13.2. The molecule has 4 atom stereocenters. The lowest BCUT2D eigenvalue weighted by Gasteiger charge is -2.25. The van der Waals surface area contributed by atoms with Crippen LogP contribution in [-0.4, -0.2) is 66.9 Å². The van der Waals surface area contributed by atoms with Gasteiger partial charge < -0.3 is 24.8 Å². The number of hydrogen-bond acceptors (Lipinski definition) is 5. The van der Waals surface area contributed by atoms with Crippen LogP contribution in [0, 0.1) is 17.3 Å². The summed E-state index contributed by atoms with van der Waals surface area (Å²) in [5.74, 6) is -1.89. The summed E-state index contributed by atoms with van der Waals surface area (Å²) in [4.78, 5) is 39.2. The van der Waals surface area contributed by atoms with E-state index in [0.29, 0.717) is 6.54 Å². The van der Waals surface area contributed by atoms with Crippen molar-refractivity contribution < 1.29 is 29.0 Å². The lowest BCUT2D eigenvalue weighted by atomic mass is 9.81. The average molecular weight is 479 g/mol. The van der Waals surface area contributed by atoms with Crippen LogP contribution in [0.5, 0.6) is 0 Å². The SMILES string of the molecule is C[C@H]1CN(C(=O)C2COCC2NC(=O)OCC2c3ccccc3-c3ccccc32)C[C@]1(C)C(=O)O. The Labute approximate surface area is 204 Å². The monoisotopic (exact) mass is 478 g/mol. The average Bonchev–Trinajstić information content (AvgIpc) is 3.52. The molecule has 2 aromatic rings. The highest BCUT2D eigenvalue weighted by Gasteiger charge is 2.50. The first-order valence-corrected chi connectivity index (χ1v) is 12.0. The Morgan fingerprint density at radius 3 is 2.31 bits per heavy atom. The van der Waals surface area contributed by atoms with E-state index in [0.717, 1.165) is 22.3 Å². The molecule has 2 aliphatic heterocycles. The van der Waals surface area contributed by atoms with E-state index in [2.05, 4.69) is 29.6 Å². The molecule has 2 fully saturated rings. The van der Waals surface area contributed by atoms with E-state index < -0.39 is 29.4 Å². The minimum Gasteiger partial charge on any atom is -0.481 e. The van der Waals surface area contributed by atoms with E-state index in [1.807, 2.05) is 31.2 Å². The third kappa shape index (κ3) is 4.05. The maximum atomic E-state index is 13.2. The van der Waals surface area contributed by atoms with Crippen molar-refractivity contribution in [3.05, 3.63) is 59.7 Å². The van der Waals surface area contributed by atoms with Gasteiger partial charge in [-0.3, -0.25) is 9.59 Å². The van der Waals surface area contributed by atoms with Gasteiger partial charge in [0.05, 0.1) is 30.6 Å². The first-order valence-electron chi connectivity index (χ1n) is 12.0. The predicted molar refractivity (Wildman–Crippen MR) is 128 cm³/mol. The largest absolute Gasteiger partial charge is 0.481 e. The number of nitrogens with one attached hydrogen (secondary N) is 1. The number of amides is 2. The molecule has 8 heteroatoms. The molecule has 2 amide bonds. The number of benzene rings is 2. The molecule has 1 aliphatic carbocycles. The van der Waals surface area contributed by atoms with Crippen LogP contribution in [0.2, 0.25) is 0 Å². The number of nitrogens with zero attached hydrogens (tertiary/aromatic N) is 1. The highest BCUT2D eigenvalue weighted by Crippen LogP contribution is 2.44. The van der Waals surface area contributed by atoms with Crippen LogP contribution in [0.4, 0.5) is 4.79 Å². The van der Waals surface area contributed by atoms with Crippen LogP contribution >= 0.6 is 0 Å². The summed E-state index contributed by atoms with van der Waals surface area (Å²) < 4.78 is 11.1. The number of carbonyl (C=O) groups is 3. The van der Waals surface area contributed by atoms with Gasteiger partial charge in [0, 0.05) is 19.0 Å². The van der Waals surface area contributed by atoms with Crippen molar-refractivity contribution in [2.75, 3.05) is 32.9 Å². The Hall–Kier alpha value is -3.39. The lowest BCUT2D eigenvalue weighted by molar-refractivity contribution is -0.149. The minimum absolute atomic E-state index is 0.0507. The summed E-state index contributed by atoms with van der Waals surface area (Å²) in [7, 11) is 0. The van der Waals surface area contributed by atoms with Gasteiger partial charge in [-0.1, -0.05) is 55.5 Å². The van der Waals surface area contributed by atoms with Crippen LogP contribution in [0.15, 0.2) is 48.5 Å². The van der Waals surface area contributed by atoms with Crippen LogP contribution in [0.25, 0.3) is 11.1 Å². The van der Waals surface area contributed by atoms with Gasteiger partial charge in [-0.15, -0.1) is 0 Å². The van der Waals surface area contributed by atoms with Gasteiger partial charge in [0.15, 0.2) is 0 Å². The van der Waals surface area contributed by atoms with Gasteiger partial charge >= 0.3 is 12.1 Å². The molecular formula is C27H30N2O6. The summed E-state index contributed by atoms with van der Waals surface area (Å²) in [6.45, 7) is 4.62. The quantitative estimate of drug-likeness (QED) is 0.684. The van der Waals surface area contributed by atoms with E-state index in [1.54, 1.807) is 11.8 Å². The number of hydrogen-bond donors (Lipinski definition) is 2. The number of carboxylic acid groups (broad SMARTS) is 1. The van der Waals surface area contributed by atoms with Crippen molar-refractivity contribution in [3.8, 4) is 11.1 Å². The molecule has 5 rings (SSSR count). The topological polar surface area (TPSA) is 105 Å². The fraction of sp³-hybridized carbons (Fsp3) is 0.444. The number of carbonyl (C=O) groups excluding carboxylic acids is 2. The zero-order chi connectivity index (χ0) is 24.7. The van der Waals surface area contributed by atoms with E-state index in [-0.39, 0.29) is 44.1 Å². The minimum atomic E-state index is -0.981. The standard InChI is InChI=1S/C27H30N2O6/c1-16-11-29(15-27(16,2)25(31)32)24(30)22-12-34-14-23(22)28-26(33)35-13-21-19-9-5-3-7-17(19)18-8-4-6-10-20(18)21/h3-10,16,21-23H,11-15H2,1-2H3,(H,28,33)(H,31,32)/t16-,22?,23?,27-/m0/s1. The smallest absolute Gasteiger partial charge is 0.407 e. The molecule has 0 radical (unpaired) electrons. The second kappa shape index (κ2) is 9.00. The lowest BCUT2D eigenvalue weighted by Crippen LogP contribution is -2.48. The van der Waals surface area contributed by atoms with Gasteiger partial charge in [-0.25, -0.2) is 4.79 Å². The summed E-state index contributed by atoms with van der Waals surface area (Å²) in [6, 6.07) is 15.7. The second-order valence-electron chi connectivity index (χ2n) is 10.1. The molecule has 2 unspecified atom stereocenters. The van der Waals surface area contributed by atoms with E-state index in [4.69, 9.17) is 9.47 Å². The Bertz CT molecular complexity index is 1120. The molecule has 0 saturated carbocycles. The maximum Gasteiger partial charge on any atom is 0.407 e. The number of alkyl carbamates (subject to hydrolysis) is 1. The van der Waals surface area contributed by atoms with Crippen molar-refractivity contribution in [1.29, 1.82) is 0 Å². The number of fused-ring (bicyclic) bond motifs is 3. The van der Waals surface area contributed by atoms with E-state index in [9.17, 15) is 19.5 Å². The first-order chi connectivity index (χ1) is 16.8. The number of likely N-dealkylation sites (tertiary alicyclic amines) is 1. The van der Waals surface area contributed by atoms with Gasteiger partial charge in [-0.05, 0) is 35.1 Å². The highest BCUT2D eigenvalue weighted by molar-refractivity contribution is 5.84. The summed E-state index contributed by atoms with van der Waals surface area (Å²) in [6.07, 6.45) is -0.592. The molecule has 0 aromatic heterocycles. The number of rotatable bonds is 5. The molecule has 2 N–H and O–H groups in total. The second-order valence-corrected chi connectivity index (χ2v) is 10.1. The molecule has 2 aromatic carbocycles. The zero-order valence-corrected chi connectivity index (χ0v) is 19.9. The summed E-state index contributed by atoms with van der Waals surface area (Å²) in [5.41, 5.74) is 3.58. The Balaban J connectivity index is 1.21. The number of carboxylic acids is 1. The fourth-order valence-electron chi connectivity index (χ4n) is 5.56. The Morgan fingerprint density at radius 1 is 1.09 bits per heavy atom.